The Balaban J connectivity index is 2.18. The van der Waals surface area contributed by atoms with Crippen molar-refractivity contribution in [3.63, 3.8) is 0 Å². The summed E-state index contributed by atoms with van der Waals surface area (Å²) in [5, 5.41) is 3.70. The van der Waals surface area contributed by atoms with E-state index in [1.54, 1.807) is 7.11 Å². The highest BCUT2D eigenvalue weighted by Gasteiger charge is 2.29. The third kappa shape index (κ3) is 3.72. The van der Waals surface area contributed by atoms with Gasteiger partial charge in [-0.05, 0) is 49.8 Å². The lowest BCUT2D eigenvalue weighted by Gasteiger charge is -2.33. The maximum atomic E-state index is 5.52. The summed E-state index contributed by atoms with van der Waals surface area (Å²) in [7, 11) is 1.74. The van der Waals surface area contributed by atoms with E-state index >= 15 is 0 Å². The number of ether oxygens (including phenoxy) is 1. The van der Waals surface area contributed by atoms with Gasteiger partial charge in [-0.2, -0.15) is 0 Å². The fraction of sp³-hybridized carbons (Fsp3) is 0.706. The quantitative estimate of drug-likeness (QED) is 0.854. The molecule has 1 aliphatic carbocycles. The van der Waals surface area contributed by atoms with Crippen molar-refractivity contribution < 1.29 is 4.74 Å². The van der Waals surface area contributed by atoms with Gasteiger partial charge < -0.3 is 10.1 Å². The van der Waals surface area contributed by atoms with Gasteiger partial charge in [-0.3, -0.25) is 4.98 Å². The van der Waals surface area contributed by atoms with Crippen molar-refractivity contribution in [1.82, 2.24) is 10.3 Å². The number of nitrogens with zero attached hydrogens (tertiary/aromatic N) is 1. The fourth-order valence-electron chi connectivity index (χ4n) is 3.21. The number of hydrogen-bond acceptors (Lipinski definition) is 3. The van der Waals surface area contributed by atoms with Gasteiger partial charge in [0.15, 0.2) is 0 Å². The maximum absolute atomic E-state index is 5.52. The summed E-state index contributed by atoms with van der Waals surface area (Å²) in [6, 6.07) is 4.30. The van der Waals surface area contributed by atoms with Crippen molar-refractivity contribution in [2.24, 2.45) is 11.8 Å². The third-order valence-corrected chi connectivity index (χ3v) is 4.46. The Hall–Kier alpha value is -1.09. The monoisotopic (exact) mass is 276 g/mol. The third-order valence-electron chi connectivity index (χ3n) is 4.46. The first-order chi connectivity index (χ1) is 9.76. The molecule has 0 amide bonds. The molecule has 2 rings (SSSR count). The van der Waals surface area contributed by atoms with Gasteiger partial charge in [0.25, 0.3) is 0 Å². The SMILES string of the molecule is CCCNC(c1ncccc1OC)C1CCC(C)CC1. The van der Waals surface area contributed by atoms with Crippen molar-refractivity contribution in [2.45, 2.75) is 52.0 Å². The van der Waals surface area contributed by atoms with E-state index in [1.807, 2.05) is 18.3 Å². The van der Waals surface area contributed by atoms with Crippen LogP contribution in [0.4, 0.5) is 0 Å². The zero-order valence-corrected chi connectivity index (χ0v) is 13.1. The Morgan fingerprint density at radius 2 is 2.10 bits per heavy atom. The molecular formula is C17H28N2O. The van der Waals surface area contributed by atoms with E-state index in [0.717, 1.165) is 30.3 Å². The van der Waals surface area contributed by atoms with Crippen LogP contribution in [-0.2, 0) is 0 Å². The Bertz CT molecular complexity index is 400. The van der Waals surface area contributed by atoms with Crippen LogP contribution in [0.5, 0.6) is 5.75 Å². The lowest BCUT2D eigenvalue weighted by Crippen LogP contribution is -2.32. The Morgan fingerprint density at radius 1 is 1.35 bits per heavy atom. The molecule has 0 radical (unpaired) electrons. The summed E-state index contributed by atoms with van der Waals surface area (Å²) < 4.78 is 5.52. The number of nitrogens with one attached hydrogen (secondary N) is 1. The summed E-state index contributed by atoms with van der Waals surface area (Å²) in [5.74, 6) is 2.48. The lowest BCUT2D eigenvalue weighted by molar-refractivity contribution is 0.225. The molecule has 0 bridgehead atoms. The van der Waals surface area contributed by atoms with Crippen LogP contribution >= 0.6 is 0 Å². The van der Waals surface area contributed by atoms with Gasteiger partial charge in [0.05, 0.1) is 18.8 Å². The summed E-state index contributed by atoms with van der Waals surface area (Å²) >= 11 is 0. The molecule has 1 aromatic rings. The molecule has 0 saturated heterocycles. The lowest BCUT2D eigenvalue weighted by atomic mass is 9.78. The van der Waals surface area contributed by atoms with Gasteiger partial charge in [0, 0.05) is 6.20 Å². The van der Waals surface area contributed by atoms with E-state index in [4.69, 9.17) is 4.74 Å². The van der Waals surface area contributed by atoms with E-state index in [1.165, 1.54) is 25.7 Å². The van der Waals surface area contributed by atoms with Crippen molar-refractivity contribution in [1.29, 1.82) is 0 Å². The molecule has 3 heteroatoms. The van der Waals surface area contributed by atoms with Crippen LogP contribution in [0.1, 0.15) is 57.7 Å². The van der Waals surface area contributed by atoms with Crippen molar-refractivity contribution in [3.8, 4) is 5.75 Å². The van der Waals surface area contributed by atoms with Gasteiger partial charge >= 0.3 is 0 Å². The zero-order chi connectivity index (χ0) is 14.4. The molecule has 3 nitrogen and oxygen atoms in total. The molecule has 1 atom stereocenters. The maximum Gasteiger partial charge on any atom is 0.141 e. The summed E-state index contributed by atoms with van der Waals surface area (Å²) in [6.45, 7) is 5.62. The van der Waals surface area contributed by atoms with Gasteiger partial charge in [0.2, 0.25) is 0 Å². The average molecular weight is 276 g/mol. The van der Waals surface area contributed by atoms with Gasteiger partial charge in [-0.15, -0.1) is 0 Å². The zero-order valence-electron chi connectivity index (χ0n) is 13.1. The molecular weight excluding hydrogens is 248 g/mol. The van der Waals surface area contributed by atoms with Crippen LogP contribution in [0.2, 0.25) is 0 Å². The van der Waals surface area contributed by atoms with E-state index in [9.17, 15) is 0 Å². The number of rotatable bonds is 6. The van der Waals surface area contributed by atoms with Crippen molar-refractivity contribution >= 4 is 0 Å². The first-order valence-corrected chi connectivity index (χ1v) is 7.98. The van der Waals surface area contributed by atoms with Crippen LogP contribution in [-0.4, -0.2) is 18.6 Å². The molecule has 1 heterocycles. The molecule has 1 fully saturated rings. The predicted octanol–water partition coefficient (Wildman–Crippen LogP) is 3.96. The number of aromatic nitrogens is 1. The Kier molecular flexibility index (Phi) is 5.84. The van der Waals surface area contributed by atoms with E-state index in [2.05, 4.69) is 24.1 Å². The summed E-state index contributed by atoms with van der Waals surface area (Å²) in [5.41, 5.74) is 1.09. The topological polar surface area (TPSA) is 34.2 Å². The molecule has 20 heavy (non-hydrogen) atoms. The molecule has 0 spiro atoms. The average Bonchev–Trinajstić information content (AvgIpc) is 2.50. The van der Waals surface area contributed by atoms with Gasteiger partial charge in [0.1, 0.15) is 5.75 Å². The molecule has 1 aliphatic rings. The standard InChI is InChI=1S/C17H28N2O/c1-4-11-18-16(14-9-7-13(2)8-10-14)17-15(20-3)6-5-12-19-17/h5-6,12-14,16,18H,4,7-11H2,1-3H3. The second-order valence-corrected chi connectivity index (χ2v) is 6.04. The summed E-state index contributed by atoms with van der Waals surface area (Å²) in [4.78, 5) is 4.61. The van der Waals surface area contributed by atoms with Crippen LogP contribution in [0.15, 0.2) is 18.3 Å². The molecule has 1 N–H and O–H groups in total. The molecule has 112 valence electrons. The molecule has 0 aromatic carbocycles. The fourth-order valence-corrected chi connectivity index (χ4v) is 3.21. The van der Waals surface area contributed by atoms with Crippen LogP contribution in [0.25, 0.3) is 0 Å². The molecule has 0 aliphatic heterocycles. The second-order valence-electron chi connectivity index (χ2n) is 6.04. The predicted molar refractivity (Wildman–Crippen MR) is 82.9 cm³/mol. The normalized spacial score (nSPS) is 24.4. The first kappa shape index (κ1) is 15.3. The number of methoxy groups -OCH3 is 1. The second kappa shape index (κ2) is 7.63. The van der Waals surface area contributed by atoms with Crippen molar-refractivity contribution in [2.75, 3.05) is 13.7 Å². The van der Waals surface area contributed by atoms with Crippen molar-refractivity contribution in [3.05, 3.63) is 24.0 Å². The van der Waals surface area contributed by atoms with Crippen LogP contribution in [0, 0.1) is 11.8 Å². The minimum atomic E-state index is 0.332. The van der Waals surface area contributed by atoms with E-state index in [-0.39, 0.29) is 0 Å². The number of pyridine rings is 1. The highest BCUT2D eigenvalue weighted by atomic mass is 16.5. The number of hydrogen-bond donors (Lipinski definition) is 1. The largest absolute Gasteiger partial charge is 0.495 e. The first-order valence-electron chi connectivity index (χ1n) is 7.98. The van der Waals surface area contributed by atoms with Crippen LogP contribution in [0.3, 0.4) is 0 Å². The van der Waals surface area contributed by atoms with E-state index < -0.39 is 0 Å². The molecule has 1 unspecified atom stereocenters. The summed E-state index contributed by atoms with van der Waals surface area (Å²) in [6.07, 6.45) is 8.29. The minimum Gasteiger partial charge on any atom is -0.495 e. The smallest absolute Gasteiger partial charge is 0.141 e. The molecule has 1 saturated carbocycles. The highest BCUT2D eigenvalue weighted by molar-refractivity contribution is 5.30. The highest BCUT2D eigenvalue weighted by Crippen LogP contribution is 2.38. The molecule has 1 aromatic heterocycles. The Morgan fingerprint density at radius 3 is 2.75 bits per heavy atom. The van der Waals surface area contributed by atoms with Gasteiger partial charge in [-0.25, -0.2) is 0 Å². The van der Waals surface area contributed by atoms with E-state index in [0.29, 0.717) is 12.0 Å². The Labute approximate surface area is 123 Å². The minimum absolute atomic E-state index is 0.332. The van der Waals surface area contributed by atoms with Crippen LogP contribution < -0.4 is 10.1 Å². The van der Waals surface area contributed by atoms with Gasteiger partial charge in [-0.1, -0.05) is 26.7 Å².